The first-order valence-electron chi connectivity index (χ1n) is 6.24. The van der Waals surface area contributed by atoms with Crippen LogP contribution >= 0.6 is 0 Å². The second-order valence-corrected chi connectivity index (χ2v) is 4.28. The van der Waals surface area contributed by atoms with E-state index in [0.717, 1.165) is 16.6 Å². The number of hydrogen-bond acceptors (Lipinski definition) is 4. The van der Waals surface area contributed by atoms with Crippen molar-refractivity contribution in [1.29, 1.82) is 0 Å². The summed E-state index contributed by atoms with van der Waals surface area (Å²) in [5, 5.41) is 4.41. The van der Waals surface area contributed by atoms with Gasteiger partial charge in [-0.1, -0.05) is 6.07 Å². The summed E-state index contributed by atoms with van der Waals surface area (Å²) in [5.41, 5.74) is 2.07. The van der Waals surface area contributed by atoms with Gasteiger partial charge in [-0.15, -0.1) is 0 Å². The molecule has 102 valence electrons. The number of aromatic amines is 1. The Morgan fingerprint density at radius 2 is 1.95 bits per heavy atom. The maximum Gasteiger partial charge on any atom is 0.258 e. The van der Waals surface area contributed by atoms with E-state index in [1.165, 1.54) is 0 Å². The van der Waals surface area contributed by atoms with Crippen molar-refractivity contribution in [3.8, 4) is 11.6 Å². The van der Waals surface area contributed by atoms with E-state index in [1.54, 1.807) is 14.2 Å². The van der Waals surface area contributed by atoms with Gasteiger partial charge in [0, 0.05) is 22.8 Å². The lowest BCUT2D eigenvalue weighted by Gasteiger charge is -2.10. The zero-order valence-corrected chi connectivity index (χ0v) is 11.3. The van der Waals surface area contributed by atoms with Crippen LogP contribution in [0.4, 0.5) is 11.5 Å². The lowest BCUT2D eigenvalue weighted by atomic mass is 10.2. The summed E-state index contributed by atoms with van der Waals surface area (Å²) in [6.07, 6.45) is 1.91. The molecule has 1 aromatic carbocycles. The molecule has 3 aromatic rings. The molecule has 0 amide bonds. The Morgan fingerprint density at radius 3 is 2.75 bits per heavy atom. The minimum absolute atomic E-state index is 0.457. The Hall–Kier alpha value is -2.69. The van der Waals surface area contributed by atoms with Gasteiger partial charge in [0.2, 0.25) is 0 Å². The Bertz CT molecular complexity index is 737. The maximum atomic E-state index is 5.20. The number of H-pyrrole nitrogens is 1. The topological polar surface area (TPSA) is 59.2 Å². The normalized spacial score (nSPS) is 10.5. The van der Waals surface area contributed by atoms with Crippen LogP contribution in [0.1, 0.15) is 0 Å². The van der Waals surface area contributed by atoms with Crippen LogP contribution in [0.15, 0.2) is 42.6 Å². The summed E-state index contributed by atoms with van der Waals surface area (Å²) in [7, 11) is 3.16. The second-order valence-electron chi connectivity index (χ2n) is 4.28. The molecule has 0 unspecified atom stereocenters. The molecule has 3 rings (SSSR count). The van der Waals surface area contributed by atoms with Crippen molar-refractivity contribution in [2.24, 2.45) is 0 Å². The summed E-state index contributed by atoms with van der Waals surface area (Å²) in [5.74, 6) is 1.77. The number of pyridine rings is 1. The fraction of sp³-hybridized carbons (Fsp3) is 0.133. The van der Waals surface area contributed by atoms with E-state index in [4.69, 9.17) is 9.47 Å². The highest BCUT2D eigenvalue weighted by atomic mass is 16.5. The predicted molar refractivity (Wildman–Crippen MR) is 78.9 cm³/mol. The number of fused-ring (bicyclic) bond motifs is 1. The molecule has 0 fully saturated rings. The van der Waals surface area contributed by atoms with Crippen molar-refractivity contribution in [2.45, 2.75) is 0 Å². The van der Waals surface area contributed by atoms with Gasteiger partial charge in [-0.05, 0) is 30.3 Å². The average Bonchev–Trinajstić information content (AvgIpc) is 2.96. The number of ether oxygens (including phenoxy) is 2. The van der Waals surface area contributed by atoms with Gasteiger partial charge in [0.25, 0.3) is 5.88 Å². The van der Waals surface area contributed by atoms with E-state index in [-0.39, 0.29) is 0 Å². The number of nitrogens with one attached hydrogen (secondary N) is 2. The van der Waals surface area contributed by atoms with Crippen molar-refractivity contribution in [3.05, 3.63) is 42.6 Å². The fourth-order valence-corrected chi connectivity index (χ4v) is 2.13. The zero-order valence-electron chi connectivity index (χ0n) is 11.3. The highest BCUT2D eigenvalue weighted by Gasteiger charge is 2.08. The van der Waals surface area contributed by atoms with Gasteiger partial charge in [-0.3, -0.25) is 0 Å². The summed E-state index contributed by atoms with van der Waals surface area (Å²) >= 11 is 0. The third-order valence-electron chi connectivity index (χ3n) is 3.10. The summed E-state index contributed by atoms with van der Waals surface area (Å²) in [4.78, 5) is 7.56. The Labute approximate surface area is 116 Å². The largest absolute Gasteiger partial charge is 0.491 e. The van der Waals surface area contributed by atoms with E-state index in [0.29, 0.717) is 17.4 Å². The highest BCUT2D eigenvalue weighted by molar-refractivity contribution is 5.93. The molecule has 0 radical (unpaired) electrons. The smallest absolute Gasteiger partial charge is 0.258 e. The zero-order chi connectivity index (χ0) is 13.9. The summed E-state index contributed by atoms with van der Waals surface area (Å²) < 4.78 is 10.4. The van der Waals surface area contributed by atoms with Crippen molar-refractivity contribution in [2.75, 3.05) is 19.5 Å². The third-order valence-corrected chi connectivity index (χ3v) is 3.10. The number of hydrogen-bond donors (Lipinski definition) is 2. The van der Waals surface area contributed by atoms with Gasteiger partial charge in [0.05, 0.1) is 14.2 Å². The van der Waals surface area contributed by atoms with Gasteiger partial charge >= 0.3 is 0 Å². The quantitative estimate of drug-likeness (QED) is 0.762. The fourth-order valence-electron chi connectivity index (χ4n) is 2.13. The maximum absolute atomic E-state index is 5.20. The predicted octanol–water partition coefficient (Wildman–Crippen LogP) is 3.32. The SMILES string of the molecule is COc1ccc(Nc2cccc3[nH]ccc23)nc1OC. The van der Waals surface area contributed by atoms with Gasteiger partial charge in [-0.2, -0.15) is 4.98 Å². The first-order chi connectivity index (χ1) is 9.81. The Balaban J connectivity index is 1.96. The summed E-state index contributed by atoms with van der Waals surface area (Å²) in [6.45, 7) is 0. The van der Waals surface area contributed by atoms with E-state index in [2.05, 4.69) is 15.3 Å². The van der Waals surface area contributed by atoms with Crippen LogP contribution in [0.2, 0.25) is 0 Å². The number of rotatable bonds is 4. The van der Waals surface area contributed by atoms with Gasteiger partial charge in [0.15, 0.2) is 5.75 Å². The van der Waals surface area contributed by atoms with Crippen LogP contribution in [0.3, 0.4) is 0 Å². The Morgan fingerprint density at radius 1 is 1.05 bits per heavy atom. The first kappa shape index (κ1) is 12.3. The molecular formula is C15H15N3O2. The number of aromatic nitrogens is 2. The monoisotopic (exact) mass is 269 g/mol. The lowest BCUT2D eigenvalue weighted by Crippen LogP contribution is -1.98. The number of nitrogens with zero attached hydrogens (tertiary/aromatic N) is 1. The van der Waals surface area contributed by atoms with Crippen molar-refractivity contribution < 1.29 is 9.47 Å². The molecular weight excluding hydrogens is 254 g/mol. The molecule has 0 saturated carbocycles. The molecule has 2 N–H and O–H groups in total. The molecule has 0 aliphatic rings. The van der Waals surface area contributed by atoms with Crippen molar-refractivity contribution >= 4 is 22.4 Å². The van der Waals surface area contributed by atoms with E-state index in [9.17, 15) is 0 Å². The van der Waals surface area contributed by atoms with Crippen LogP contribution in [-0.2, 0) is 0 Å². The molecule has 0 saturated heterocycles. The number of anilines is 2. The molecule has 0 aliphatic heterocycles. The lowest BCUT2D eigenvalue weighted by molar-refractivity contribution is 0.343. The van der Waals surface area contributed by atoms with E-state index >= 15 is 0 Å². The average molecular weight is 269 g/mol. The summed E-state index contributed by atoms with van der Waals surface area (Å²) in [6, 6.07) is 11.7. The molecule has 5 nitrogen and oxygen atoms in total. The van der Waals surface area contributed by atoms with Crippen LogP contribution in [0, 0.1) is 0 Å². The number of methoxy groups -OCH3 is 2. The van der Waals surface area contributed by atoms with Gasteiger partial charge in [-0.25, -0.2) is 0 Å². The highest BCUT2D eigenvalue weighted by Crippen LogP contribution is 2.29. The minimum atomic E-state index is 0.457. The van der Waals surface area contributed by atoms with Crippen LogP contribution in [-0.4, -0.2) is 24.2 Å². The molecule has 2 heterocycles. The van der Waals surface area contributed by atoms with E-state index in [1.807, 2.05) is 42.6 Å². The first-order valence-corrected chi connectivity index (χ1v) is 6.24. The van der Waals surface area contributed by atoms with Gasteiger partial charge < -0.3 is 19.8 Å². The molecule has 20 heavy (non-hydrogen) atoms. The molecule has 0 bridgehead atoms. The molecule has 0 atom stereocenters. The third kappa shape index (κ3) is 2.14. The van der Waals surface area contributed by atoms with Crippen LogP contribution in [0.5, 0.6) is 11.6 Å². The molecule has 0 aliphatic carbocycles. The molecule has 2 aromatic heterocycles. The van der Waals surface area contributed by atoms with Crippen molar-refractivity contribution in [3.63, 3.8) is 0 Å². The van der Waals surface area contributed by atoms with Gasteiger partial charge in [0.1, 0.15) is 5.82 Å². The standard InChI is InChI=1S/C15H15N3O2/c1-19-13-6-7-14(18-15(13)20-2)17-12-5-3-4-11-10(12)8-9-16-11/h3-9,16H,1-2H3,(H,17,18). The molecule has 0 spiro atoms. The second kappa shape index (κ2) is 5.13. The van der Waals surface area contributed by atoms with Crippen LogP contribution in [0.25, 0.3) is 10.9 Å². The van der Waals surface area contributed by atoms with Crippen molar-refractivity contribution in [1.82, 2.24) is 9.97 Å². The molecule has 5 heteroatoms. The van der Waals surface area contributed by atoms with Crippen LogP contribution < -0.4 is 14.8 Å². The minimum Gasteiger partial charge on any atom is -0.491 e. The number of benzene rings is 1. The Kier molecular flexibility index (Phi) is 3.16. The van der Waals surface area contributed by atoms with E-state index < -0.39 is 0 Å².